The Bertz CT molecular complexity index is 1440. The number of hydrogen-bond acceptors (Lipinski definition) is 0. The van der Waals surface area contributed by atoms with Crippen molar-refractivity contribution in [3.8, 4) is 0 Å². The summed E-state index contributed by atoms with van der Waals surface area (Å²) in [5.41, 5.74) is 7.53. The first kappa shape index (κ1) is 30.4. The summed E-state index contributed by atoms with van der Waals surface area (Å²) in [5, 5.41) is 6.31. The Morgan fingerprint density at radius 2 is 0.974 bits per heavy atom. The predicted molar refractivity (Wildman–Crippen MR) is 177 cm³/mol. The first-order valence-corrected chi connectivity index (χ1v) is 29.3. The van der Waals surface area contributed by atoms with Gasteiger partial charge in [-0.1, -0.05) is 0 Å². The van der Waals surface area contributed by atoms with Gasteiger partial charge in [0.1, 0.15) is 0 Å². The van der Waals surface area contributed by atoms with Crippen molar-refractivity contribution in [1.29, 1.82) is 0 Å². The van der Waals surface area contributed by atoms with E-state index in [1.54, 1.807) is 39.5 Å². The molecule has 2 aliphatic carbocycles. The normalized spacial score (nSPS) is 26.2. The van der Waals surface area contributed by atoms with Gasteiger partial charge < -0.3 is 0 Å². The Kier molecular flexibility index (Phi) is 8.54. The van der Waals surface area contributed by atoms with E-state index in [0.29, 0.717) is 11.3 Å². The van der Waals surface area contributed by atoms with E-state index in [9.17, 15) is 0 Å². The second-order valence-electron chi connectivity index (χ2n) is 11.9. The van der Waals surface area contributed by atoms with Gasteiger partial charge in [-0.2, -0.15) is 0 Å². The molecule has 4 atom stereocenters. The Morgan fingerprint density at radius 3 is 1.32 bits per heavy atom. The maximum Gasteiger partial charge on any atom is -0.147 e. The van der Waals surface area contributed by atoms with E-state index in [1.807, 2.05) is 0 Å². The maximum atomic E-state index is 2.72. The Balaban J connectivity index is 0.00000168. The van der Waals surface area contributed by atoms with E-state index in [4.69, 9.17) is 0 Å². The van der Waals surface area contributed by atoms with Crippen molar-refractivity contribution >= 4 is 58.1 Å². The molecular formula is C32H38Cl2P2SiZr. The summed E-state index contributed by atoms with van der Waals surface area (Å²) in [5.74, 6) is 0. The van der Waals surface area contributed by atoms with Crippen LogP contribution in [0.4, 0.5) is 0 Å². The molecule has 0 amide bonds. The molecule has 198 valence electrons. The fourth-order valence-electron chi connectivity index (χ4n) is 7.38. The number of hydrogen-bond donors (Lipinski definition) is 0. The summed E-state index contributed by atoms with van der Waals surface area (Å²) < 4.78 is 8.94. The van der Waals surface area contributed by atoms with Gasteiger partial charge in [-0.3, -0.25) is 0 Å². The summed E-state index contributed by atoms with van der Waals surface area (Å²) in [6.07, 6.45) is 10.5. The molecule has 6 heteroatoms. The van der Waals surface area contributed by atoms with Crippen LogP contribution in [0.5, 0.6) is 0 Å². The molecule has 0 aromatic heterocycles. The molecular weight excluding hydrogens is 637 g/mol. The summed E-state index contributed by atoms with van der Waals surface area (Å²) in [6, 6.07) is 22.5. The predicted octanol–water partition coefficient (Wildman–Crippen LogP) is 8.78. The van der Waals surface area contributed by atoms with Gasteiger partial charge in [-0.25, -0.2) is 0 Å². The van der Waals surface area contributed by atoms with Crippen molar-refractivity contribution in [2.45, 2.75) is 48.3 Å². The number of allylic oxidation sites excluding steroid dienone is 12. The molecule has 0 fully saturated rings. The number of benzene rings is 2. The zero-order valence-corrected chi connectivity index (χ0v) is 30.4. The maximum absolute atomic E-state index is 3.55. The molecule has 38 heavy (non-hydrogen) atoms. The van der Waals surface area contributed by atoms with Gasteiger partial charge in [-0.05, 0) is 0 Å². The fraction of sp³-hybridized carbons (Fsp3) is 0.250. The standard InChI is InChI=1S/2C15H14P.2CH3.2ClH.H2Si.Zr/c2*1-11-8-13-10-12(2)16(15(13)9-11)14-6-4-3-5-7-14;;;;;;/h2*3-7,9-10,12H,1-2H3;2*1H3;2*1H;1H2;. The van der Waals surface area contributed by atoms with Crippen LogP contribution in [0.3, 0.4) is 0 Å². The minimum Gasteiger partial charge on any atom is -0.147 e. The molecule has 0 saturated carbocycles. The van der Waals surface area contributed by atoms with E-state index in [1.165, 1.54) is 10.6 Å². The Hall–Kier alpha value is -0.580. The van der Waals surface area contributed by atoms with E-state index < -0.39 is 17.4 Å². The third kappa shape index (κ3) is 4.61. The van der Waals surface area contributed by atoms with Crippen LogP contribution in [0.1, 0.15) is 27.7 Å². The van der Waals surface area contributed by atoms with Crippen molar-refractivity contribution in [2.24, 2.45) is 0 Å². The van der Waals surface area contributed by atoms with Crippen molar-refractivity contribution in [3.63, 3.8) is 0 Å². The fourth-order valence-corrected chi connectivity index (χ4v) is 31.5. The van der Waals surface area contributed by atoms with Gasteiger partial charge in [0.2, 0.25) is 0 Å². The van der Waals surface area contributed by atoms with Crippen molar-refractivity contribution in [1.82, 2.24) is 0 Å². The van der Waals surface area contributed by atoms with Crippen LogP contribution in [0.2, 0.25) is 9.26 Å². The van der Waals surface area contributed by atoms with E-state index >= 15 is 0 Å². The minimum atomic E-state index is -3.55. The van der Waals surface area contributed by atoms with Crippen LogP contribution in [0.15, 0.2) is 124 Å². The first-order valence-electron chi connectivity index (χ1n) is 13.1. The third-order valence-corrected chi connectivity index (χ3v) is 29.2. The molecule has 2 aromatic carbocycles. The molecule has 4 aliphatic rings. The average molecular weight is 675 g/mol. The third-order valence-electron chi connectivity index (χ3n) is 8.41. The van der Waals surface area contributed by atoms with Crippen molar-refractivity contribution in [3.05, 3.63) is 124 Å². The SMILES string of the molecule is CC1=[C]([Zr]([CH3])([CH3])(=[SiH2])[C]2=C(C)C=C3C2=CC(C)P3c2ccccc2)C2=CC(C)P(c3ccccc3)C2=C1.Cl.Cl. The summed E-state index contributed by atoms with van der Waals surface area (Å²) >= 11 is -3.55. The Morgan fingerprint density at radius 1 is 0.632 bits per heavy atom. The van der Waals surface area contributed by atoms with Gasteiger partial charge in [0, 0.05) is 0 Å². The molecule has 0 radical (unpaired) electrons. The molecule has 4 unspecified atom stereocenters. The van der Waals surface area contributed by atoms with Crippen LogP contribution < -0.4 is 10.6 Å². The van der Waals surface area contributed by atoms with Crippen LogP contribution in [0.25, 0.3) is 0 Å². The summed E-state index contributed by atoms with van der Waals surface area (Å²) in [7, 11) is -0.641. The quantitative estimate of drug-likeness (QED) is 0.225. The molecule has 0 N–H and O–H groups in total. The van der Waals surface area contributed by atoms with Crippen LogP contribution in [-0.2, 0) is 17.4 Å². The largest absolute Gasteiger partial charge is 0.147 e. The van der Waals surface area contributed by atoms with E-state index in [2.05, 4.69) is 129 Å². The monoisotopic (exact) mass is 672 g/mol. The zero-order chi connectivity index (χ0) is 25.4. The molecule has 0 saturated heterocycles. The number of rotatable bonds is 4. The second-order valence-corrected chi connectivity index (χ2v) is 45.2. The van der Waals surface area contributed by atoms with Crippen LogP contribution in [-0.4, -0.2) is 18.2 Å². The molecule has 0 bridgehead atoms. The molecule has 6 rings (SSSR count). The number of halogens is 2. The molecule has 2 heterocycles. The van der Waals surface area contributed by atoms with Crippen molar-refractivity contribution in [2.75, 3.05) is 0 Å². The molecule has 2 aliphatic heterocycles. The Labute approximate surface area is 246 Å². The summed E-state index contributed by atoms with van der Waals surface area (Å²) in [4.78, 5) is 0. The topological polar surface area (TPSA) is 0 Å². The van der Waals surface area contributed by atoms with Crippen LogP contribution >= 0.6 is 40.7 Å². The smallest absolute Gasteiger partial charge is 0.147 e. The number of fused-ring (bicyclic) bond motifs is 2. The zero-order valence-electron chi connectivity index (χ0n) is 23.2. The van der Waals surface area contributed by atoms with E-state index in [-0.39, 0.29) is 40.7 Å². The minimum absolute atomic E-state index is 0. The summed E-state index contributed by atoms with van der Waals surface area (Å²) in [6.45, 7) is 12.1. The van der Waals surface area contributed by atoms with Crippen LogP contribution in [0, 0.1) is 0 Å². The van der Waals surface area contributed by atoms with Gasteiger partial charge in [0.05, 0.1) is 0 Å². The van der Waals surface area contributed by atoms with Gasteiger partial charge >= 0.3 is 223 Å². The van der Waals surface area contributed by atoms with Crippen molar-refractivity contribution < 1.29 is 17.4 Å². The van der Waals surface area contributed by atoms with Gasteiger partial charge in [0.25, 0.3) is 0 Å². The van der Waals surface area contributed by atoms with Gasteiger partial charge in [0.15, 0.2) is 0 Å². The van der Waals surface area contributed by atoms with E-state index in [0.717, 1.165) is 0 Å². The molecule has 0 spiro atoms. The average Bonchev–Trinajstić information content (AvgIpc) is 3.50. The first-order chi connectivity index (χ1) is 17.1. The van der Waals surface area contributed by atoms with Gasteiger partial charge in [-0.15, -0.1) is 24.8 Å². The molecule has 2 aromatic rings. The molecule has 0 nitrogen and oxygen atoms in total. The second kappa shape index (κ2) is 10.7.